The maximum absolute atomic E-state index is 12.9. The molecule has 6 heterocycles. The molecule has 3 amide bonds. The van der Waals surface area contributed by atoms with E-state index in [4.69, 9.17) is 0 Å². The van der Waals surface area contributed by atoms with Crippen molar-refractivity contribution in [2.24, 2.45) is 17.8 Å². The average Bonchev–Trinajstić information content (AvgIpc) is 1.89. The summed E-state index contributed by atoms with van der Waals surface area (Å²) in [6, 6.07) is 48.6. The van der Waals surface area contributed by atoms with Crippen molar-refractivity contribution in [3.8, 4) is 0 Å². The summed E-state index contributed by atoms with van der Waals surface area (Å²) in [4.78, 5) is 53.8. The van der Waals surface area contributed by atoms with Crippen molar-refractivity contribution in [2.45, 2.75) is 145 Å². The fraction of sp³-hybridized carbons (Fsp3) is 0.494. The number of amides is 3. The van der Waals surface area contributed by atoms with Crippen LogP contribution in [-0.2, 0) is 93.7 Å². The summed E-state index contributed by atoms with van der Waals surface area (Å²) in [5, 5.41) is 28.2. The Hall–Kier alpha value is -6.06. The molecular weight excluding hydrogens is 1250 g/mol. The third-order valence-corrected chi connectivity index (χ3v) is 23.9. The molecular formula is C77H102N6O9S3. The summed E-state index contributed by atoms with van der Waals surface area (Å²) in [7, 11) is -4.52. The minimum atomic E-state index is -3.42. The third-order valence-electron chi connectivity index (χ3n) is 19.6. The molecule has 1 unspecified atom stereocenters. The number of aliphatic hydroxyl groups is 3. The van der Waals surface area contributed by atoms with Crippen LogP contribution >= 0.6 is 11.8 Å². The Morgan fingerprint density at radius 1 is 0.453 bits per heavy atom. The first-order chi connectivity index (χ1) is 46.3. The molecule has 1 atom stereocenters. The van der Waals surface area contributed by atoms with Crippen LogP contribution in [0.2, 0.25) is 0 Å². The predicted octanol–water partition coefficient (Wildman–Crippen LogP) is 10.6. The van der Waals surface area contributed by atoms with E-state index in [-0.39, 0.29) is 61.3 Å². The lowest BCUT2D eigenvalue weighted by atomic mass is 9.90. The lowest BCUT2D eigenvalue weighted by Crippen LogP contribution is -2.39. The molecule has 6 aliphatic heterocycles. The zero-order valence-electron chi connectivity index (χ0n) is 56.1. The minimum Gasteiger partial charge on any atom is -0.392 e. The second-order valence-electron chi connectivity index (χ2n) is 26.1. The van der Waals surface area contributed by atoms with E-state index in [1.54, 1.807) is 23.1 Å². The van der Waals surface area contributed by atoms with Gasteiger partial charge in [0.15, 0.2) is 9.84 Å². The average molecular weight is 1350 g/mol. The number of rotatable bonds is 18. The van der Waals surface area contributed by atoms with Gasteiger partial charge in [-0.05, 0) is 183 Å². The van der Waals surface area contributed by atoms with Crippen molar-refractivity contribution in [2.75, 3.05) is 95.8 Å². The number of nitrogens with zero attached hydrogens (tertiary/aromatic N) is 6. The second-order valence-corrected chi connectivity index (χ2v) is 30.9. The molecule has 3 fully saturated rings. The molecule has 6 aromatic carbocycles. The standard InChI is InChI=1S/C25H32N2O4S.C25H32N2O3S.C25H32N2O2S.C2H6/c28-19-22-6-7-24-23(17-22)18-27(14-15-32(24,30)31)25(29)10-13-26-11-8-21(9-12-26)16-20-4-2-1-3-5-20;28-19-22-6-7-24-23(17-22)18-27(14-15-31(24)30)25(29)10-13-26-11-8-21(9-12-26)16-20-4-2-1-3-5-20;28-19-22-6-7-24-23(17-22)18-27(14-15-30-24)25(29)10-13-26-11-8-21(9-12-26)16-20-4-2-1-3-5-20;1-2/h1-7,17,21,28H,8-16,18-19H2;1-7,17,21,28H,8-16,18-19H2;1-7,17,21,28H,8-16,18-19H2;1-2H3. The normalized spacial score (nSPS) is 18.9. The number of thioether (sulfide) groups is 1. The topological polar surface area (TPSA) is 183 Å². The predicted molar refractivity (Wildman–Crippen MR) is 381 cm³/mol. The van der Waals surface area contributed by atoms with Crippen LogP contribution in [-0.4, -0.2) is 171 Å². The number of likely N-dealkylation sites (tertiary alicyclic amines) is 3. The number of benzene rings is 6. The highest BCUT2D eigenvalue weighted by Crippen LogP contribution is 2.31. The van der Waals surface area contributed by atoms with Gasteiger partial charge < -0.3 is 44.7 Å². The van der Waals surface area contributed by atoms with E-state index in [0.717, 1.165) is 124 Å². The van der Waals surface area contributed by atoms with Crippen LogP contribution in [0.25, 0.3) is 0 Å². The van der Waals surface area contributed by atoms with Crippen molar-refractivity contribution in [3.63, 3.8) is 0 Å². The Kier molecular flexibility index (Phi) is 29.0. The molecule has 95 heavy (non-hydrogen) atoms. The molecule has 3 saturated heterocycles. The molecule has 0 spiro atoms. The van der Waals surface area contributed by atoms with Gasteiger partial charge in [-0.1, -0.05) is 141 Å². The first kappa shape index (κ1) is 73.2. The van der Waals surface area contributed by atoms with Gasteiger partial charge in [-0.15, -0.1) is 11.8 Å². The van der Waals surface area contributed by atoms with Gasteiger partial charge in [0.05, 0.1) is 41.3 Å². The molecule has 6 aromatic rings. The van der Waals surface area contributed by atoms with Crippen LogP contribution < -0.4 is 0 Å². The molecule has 0 bridgehead atoms. The number of aliphatic hydroxyl groups excluding tert-OH is 3. The van der Waals surface area contributed by atoms with Gasteiger partial charge in [-0.25, -0.2) is 8.42 Å². The molecule has 0 aromatic heterocycles. The number of hydrogen-bond donors (Lipinski definition) is 3. The fourth-order valence-electron chi connectivity index (χ4n) is 14.0. The van der Waals surface area contributed by atoms with Crippen LogP contribution in [0.4, 0.5) is 0 Å². The van der Waals surface area contributed by atoms with Gasteiger partial charge in [0.25, 0.3) is 0 Å². The summed E-state index contributed by atoms with van der Waals surface area (Å²) in [5.74, 6) is 3.91. The molecule has 18 heteroatoms. The lowest BCUT2D eigenvalue weighted by molar-refractivity contribution is -0.132. The van der Waals surface area contributed by atoms with Crippen molar-refractivity contribution < 1.29 is 42.3 Å². The number of carbonyl (C=O) groups is 3. The van der Waals surface area contributed by atoms with Crippen molar-refractivity contribution in [3.05, 3.63) is 196 Å². The van der Waals surface area contributed by atoms with Gasteiger partial charge in [-0.3, -0.25) is 18.6 Å². The van der Waals surface area contributed by atoms with E-state index >= 15 is 0 Å². The summed E-state index contributed by atoms with van der Waals surface area (Å²) in [5.41, 5.74) is 9.29. The molecule has 0 saturated carbocycles. The van der Waals surface area contributed by atoms with Crippen LogP contribution in [0.1, 0.15) is 122 Å². The quantitative estimate of drug-likeness (QED) is 0.0740. The molecule has 0 aliphatic carbocycles. The van der Waals surface area contributed by atoms with E-state index in [9.17, 15) is 42.3 Å². The molecule has 6 aliphatic rings. The first-order valence-corrected chi connectivity index (χ1v) is 38.8. The number of piperidine rings is 3. The Balaban J connectivity index is 0.000000165. The number of hydrogen-bond acceptors (Lipinski definition) is 13. The Morgan fingerprint density at radius 3 is 1.28 bits per heavy atom. The Labute approximate surface area is 572 Å². The van der Waals surface area contributed by atoms with Crippen molar-refractivity contribution in [1.29, 1.82) is 0 Å². The van der Waals surface area contributed by atoms with Crippen LogP contribution in [0.15, 0.2) is 160 Å². The molecule has 512 valence electrons. The fourth-order valence-corrected chi connectivity index (χ4v) is 17.7. The molecule has 0 radical (unpaired) electrons. The van der Waals surface area contributed by atoms with Crippen LogP contribution in [0, 0.1) is 17.8 Å². The van der Waals surface area contributed by atoms with Gasteiger partial charge in [0.1, 0.15) is 0 Å². The molecule has 12 rings (SSSR count). The van der Waals surface area contributed by atoms with Gasteiger partial charge in [0.2, 0.25) is 17.7 Å². The molecule has 15 nitrogen and oxygen atoms in total. The summed E-state index contributed by atoms with van der Waals surface area (Å²) < 4.78 is 37.8. The summed E-state index contributed by atoms with van der Waals surface area (Å²) in [6.07, 6.45) is 12.0. The van der Waals surface area contributed by atoms with Gasteiger partial charge in [-0.2, -0.15) is 0 Å². The lowest BCUT2D eigenvalue weighted by Gasteiger charge is -2.32. The smallest absolute Gasteiger partial charge is 0.224 e. The first-order valence-electron chi connectivity index (χ1n) is 34.8. The van der Waals surface area contributed by atoms with Crippen molar-refractivity contribution >= 4 is 50.1 Å². The highest BCUT2D eigenvalue weighted by Gasteiger charge is 2.30. The SMILES string of the molecule is CC.O=C(CCN1CCC(Cc2ccccc2)CC1)N1CCS(=O)(=O)c2ccc(CO)cc2C1.O=C(CCN1CCC(Cc2ccccc2)CC1)N1CCS(=O)c2ccc(CO)cc2C1.O=C(CCN1CCC(Cc2ccccc2)CC1)N1CCSc2ccc(CO)cc2C1. The highest BCUT2D eigenvalue weighted by atomic mass is 32.2. The zero-order valence-corrected chi connectivity index (χ0v) is 58.6. The van der Waals surface area contributed by atoms with E-state index in [2.05, 4.69) is 106 Å². The number of fused-ring (bicyclic) bond motifs is 3. The van der Waals surface area contributed by atoms with Gasteiger partial charge in [0, 0.05) is 99.5 Å². The van der Waals surface area contributed by atoms with E-state index in [1.807, 2.05) is 71.8 Å². The summed E-state index contributed by atoms with van der Waals surface area (Å²) >= 11 is 1.81. The summed E-state index contributed by atoms with van der Waals surface area (Å²) in [6.45, 7) is 15.5. The maximum Gasteiger partial charge on any atom is 0.224 e. The van der Waals surface area contributed by atoms with Gasteiger partial charge >= 0.3 is 0 Å². The Bertz CT molecular complexity index is 3510. The maximum atomic E-state index is 12.9. The van der Waals surface area contributed by atoms with E-state index in [1.165, 1.54) is 59.3 Å². The second kappa shape index (κ2) is 37.6. The van der Waals surface area contributed by atoms with Crippen molar-refractivity contribution in [1.82, 2.24) is 29.4 Å². The number of carbonyl (C=O) groups excluding carboxylic acids is 3. The molecule has 3 N–H and O–H groups in total. The third kappa shape index (κ3) is 22.2. The van der Waals surface area contributed by atoms with E-state index in [0.29, 0.717) is 68.2 Å². The minimum absolute atomic E-state index is 0.00568. The zero-order chi connectivity index (χ0) is 66.9. The van der Waals surface area contributed by atoms with E-state index < -0.39 is 20.6 Å². The Morgan fingerprint density at radius 2 is 0.832 bits per heavy atom. The monoisotopic (exact) mass is 1350 g/mol. The van der Waals surface area contributed by atoms with Crippen LogP contribution in [0.3, 0.4) is 0 Å². The largest absolute Gasteiger partial charge is 0.392 e. The highest BCUT2D eigenvalue weighted by molar-refractivity contribution is 7.99. The van der Waals surface area contributed by atoms with Crippen LogP contribution in [0.5, 0.6) is 0 Å². The number of sulfone groups is 1.